The van der Waals surface area contributed by atoms with E-state index in [1.807, 2.05) is 12.1 Å². The monoisotopic (exact) mass is 508 g/mol. The minimum Gasteiger partial charge on any atom is -0.508 e. The molecular weight excluding hydrogens is 476 g/mol. The summed E-state index contributed by atoms with van der Waals surface area (Å²) in [6, 6.07) is 14.8. The van der Waals surface area contributed by atoms with E-state index >= 15 is 0 Å². The first-order chi connectivity index (χ1) is 17.8. The van der Waals surface area contributed by atoms with Crippen molar-refractivity contribution in [3.8, 4) is 17.2 Å². The molecule has 1 unspecified atom stereocenters. The van der Waals surface area contributed by atoms with Crippen molar-refractivity contribution in [2.45, 2.75) is 25.3 Å². The lowest BCUT2D eigenvalue weighted by atomic mass is 10.0. The summed E-state index contributed by atoms with van der Waals surface area (Å²) in [5.41, 5.74) is 12.3. The molecule has 3 amide bonds. The maximum atomic E-state index is 12.7. The Morgan fingerprint density at radius 2 is 1.73 bits per heavy atom. The number of hydrogen-bond donors (Lipinski definition) is 5. The minimum atomic E-state index is -0.696. The number of fused-ring (bicyclic) bond motifs is 1. The molecule has 7 N–H and O–H groups in total. The van der Waals surface area contributed by atoms with Gasteiger partial charge in [0.05, 0.1) is 31.9 Å². The fourth-order valence-electron chi connectivity index (χ4n) is 3.67. The quantitative estimate of drug-likeness (QED) is 0.219. The van der Waals surface area contributed by atoms with Gasteiger partial charge in [-0.25, -0.2) is 0 Å². The van der Waals surface area contributed by atoms with Crippen molar-refractivity contribution in [3.05, 3.63) is 65.7 Å². The number of carbonyl (C=O) groups excluding carboxylic acids is 3. The van der Waals surface area contributed by atoms with Crippen molar-refractivity contribution < 1.29 is 29.0 Å². The molecule has 10 nitrogen and oxygen atoms in total. The molecule has 0 aliphatic rings. The van der Waals surface area contributed by atoms with Gasteiger partial charge in [-0.1, -0.05) is 18.2 Å². The van der Waals surface area contributed by atoms with Crippen LogP contribution in [0.25, 0.3) is 10.8 Å². The summed E-state index contributed by atoms with van der Waals surface area (Å²) < 4.78 is 11.2. The van der Waals surface area contributed by atoms with Gasteiger partial charge >= 0.3 is 0 Å². The molecule has 0 spiro atoms. The molecule has 3 aromatic carbocycles. The van der Waals surface area contributed by atoms with E-state index in [9.17, 15) is 19.5 Å². The Morgan fingerprint density at radius 3 is 2.43 bits per heavy atom. The van der Waals surface area contributed by atoms with Gasteiger partial charge in [-0.3, -0.25) is 14.4 Å². The average Bonchev–Trinajstić information content (AvgIpc) is 2.89. The molecule has 3 rings (SSSR count). The number of rotatable bonds is 13. The molecule has 37 heavy (non-hydrogen) atoms. The number of methoxy groups -OCH3 is 1. The van der Waals surface area contributed by atoms with Crippen molar-refractivity contribution in [2.75, 3.05) is 26.8 Å². The first kappa shape index (κ1) is 27.3. The number of hydrogen-bond acceptors (Lipinski definition) is 7. The molecule has 0 aromatic heterocycles. The summed E-state index contributed by atoms with van der Waals surface area (Å²) in [5, 5.41) is 16.3. The number of unbranched alkanes of at least 4 members (excludes halogenated alkanes) is 1. The molecule has 0 aliphatic carbocycles. The first-order valence-corrected chi connectivity index (χ1v) is 11.9. The van der Waals surface area contributed by atoms with Crippen molar-refractivity contribution in [1.82, 2.24) is 10.6 Å². The van der Waals surface area contributed by atoms with E-state index in [-0.39, 0.29) is 23.8 Å². The summed E-state index contributed by atoms with van der Waals surface area (Å²) in [4.78, 5) is 36.0. The van der Waals surface area contributed by atoms with Gasteiger partial charge in [0.1, 0.15) is 17.2 Å². The third-order valence-corrected chi connectivity index (χ3v) is 5.67. The van der Waals surface area contributed by atoms with Gasteiger partial charge in [0.15, 0.2) is 0 Å². The van der Waals surface area contributed by atoms with E-state index in [1.165, 1.54) is 0 Å². The highest BCUT2D eigenvalue weighted by Gasteiger charge is 2.16. The number of phenolic OH excluding ortho intramolecular Hbond substituents is 1. The lowest BCUT2D eigenvalue weighted by Crippen LogP contribution is -2.42. The summed E-state index contributed by atoms with van der Waals surface area (Å²) in [6.07, 6.45) is 1.63. The standard InChI is InChI=1S/C27H32N4O6/c1-36-21-9-6-18-15-24(22(14-19(18)13-21)26(34)31-16-25(29)33)37-11-3-2-10-30-27(35)23(28)12-17-4-7-20(32)8-5-17/h4-9,13-15,23,32H,2-3,10-12,16,28H2,1H3,(H2,29,33)(H,30,35)(H,31,34). The van der Waals surface area contributed by atoms with Gasteiger partial charge in [-0.15, -0.1) is 0 Å². The second-order valence-electron chi connectivity index (χ2n) is 8.53. The summed E-state index contributed by atoms with van der Waals surface area (Å²) in [6.45, 7) is 0.450. The van der Waals surface area contributed by atoms with Crippen LogP contribution in [0.2, 0.25) is 0 Å². The summed E-state index contributed by atoms with van der Waals surface area (Å²) in [5.74, 6) is -0.204. The third-order valence-electron chi connectivity index (χ3n) is 5.67. The molecule has 0 heterocycles. The number of primary amides is 1. The lowest BCUT2D eigenvalue weighted by molar-refractivity contribution is -0.122. The number of nitrogens with one attached hydrogen (secondary N) is 2. The number of carbonyl (C=O) groups is 3. The normalized spacial score (nSPS) is 11.5. The smallest absolute Gasteiger partial charge is 0.255 e. The van der Waals surface area contributed by atoms with E-state index in [0.717, 1.165) is 16.3 Å². The predicted octanol–water partition coefficient (Wildman–Crippen LogP) is 1.61. The third kappa shape index (κ3) is 8.11. The van der Waals surface area contributed by atoms with Crippen LogP contribution in [0.15, 0.2) is 54.6 Å². The molecule has 0 fully saturated rings. The Bertz CT molecular complexity index is 1250. The second-order valence-corrected chi connectivity index (χ2v) is 8.53. The van der Waals surface area contributed by atoms with Crippen LogP contribution in [-0.2, 0) is 16.0 Å². The van der Waals surface area contributed by atoms with Crippen molar-refractivity contribution in [3.63, 3.8) is 0 Å². The van der Waals surface area contributed by atoms with Gasteiger partial charge in [0, 0.05) is 6.54 Å². The van der Waals surface area contributed by atoms with Crippen LogP contribution in [-0.4, -0.2) is 55.7 Å². The SMILES string of the molecule is COc1ccc2cc(OCCCCNC(=O)C(N)Cc3ccc(O)cc3)c(C(=O)NCC(N)=O)cc2c1. The second kappa shape index (κ2) is 13.1. The van der Waals surface area contributed by atoms with E-state index in [0.29, 0.717) is 43.9 Å². The number of benzene rings is 3. The molecule has 0 aliphatic heterocycles. The van der Waals surface area contributed by atoms with Crippen molar-refractivity contribution in [1.29, 1.82) is 0 Å². The highest BCUT2D eigenvalue weighted by atomic mass is 16.5. The van der Waals surface area contributed by atoms with E-state index in [2.05, 4.69) is 10.6 Å². The van der Waals surface area contributed by atoms with Gasteiger partial charge in [0.25, 0.3) is 5.91 Å². The number of amides is 3. The maximum absolute atomic E-state index is 12.7. The molecule has 1 atom stereocenters. The van der Waals surface area contributed by atoms with E-state index in [4.69, 9.17) is 20.9 Å². The van der Waals surface area contributed by atoms with Gasteiger partial charge in [0.2, 0.25) is 11.8 Å². The van der Waals surface area contributed by atoms with E-state index in [1.54, 1.807) is 49.6 Å². The number of nitrogens with two attached hydrogens (primary N) is 2. The Kier molecular flexibility index (Phi) is 9.68. The lowest BCUT2D eigenvalue weighted by Gasteiger charge is -2.14. The van der Waals surface area contributed by atoms with Crippen LogP contribution in [0.4, 0.5) is 0 Å². The zero-order chi connectivity index (χ0) is 26.8. The van der Waals surface area contributed by atoms with Crippen LogP contribution in [0, 0.1) is 0 Å². The zero-order valence-corrected chi connectivity index (χ0v) is 20.7. The van der Waals surface area contributed by atoms with Crippen LogP contribution in [0.5, 0.6) is 17.2 Å². The molecule has 0 saturated heterocycles. The van der Waals surface area contributed by atoms with E-state index < -0.39 is 17.9 Å². The Hall–Kier alpha value is -4.31. The van der Waals surface area contributed by atoms with Crippen LogP contribution in [0.3, 0.4) is 0 Å². The molecular formula is C27H32N4O6. The average molecular weight is 509 g/mol. The maximum Gasteiger partial charge on any atom is 0.255 e. The Morgan fingerprint density at radius 1 is 0.973 bits per heavy atom. The van der Waals surface area contributed by atoms with Crippen LogP contribution >= 0.6 is 0 Å². The molecule has 10 heteroatoms. The topological polar surface area (TPSA) is 166 Å². The van der Waals surface area contributed by atoms with Crippen molar-refractivity contribution >= 4 is 28.5 Å². The van der Waals surface area contributed by atoms with Crippen LogP contribution in [0.1, 0.15) is 28.8 Å². The van der Waals surface area contributed by atoms with Gasteiger partial charge in [-0.2, -0.15) is 0 Å². The molecule has 0 bridgehead atoms. The minimum absolute atomic E-state index is 0.159. The molecule has 196 valence electrons. The fourth-order valence-corrected chi connectivity index (χ4v) is 3.67. The highest BCUT2D eigenvalue weighted by Crippen LogP contribution is 2.29. The zero-order valence-electron chi connectivity index (χ0n) is 20.7. The number of aromatic hydroxyl groups is 1. The molecule has 0 saturated carbocycles. The summed E-state index contributed by atoms with van der Waals surface area (Å²) in [7, 11) is 1.56. The Labute approximate surface area is 214 Å². The highest BCUT2D eigenvalue weighted by molar-refractivity contribution is 6.02. The fraction of sp³-hybridized carbons (Fsp3) is 0.296. The number of phenols is 1. The summed E-state index contributed by atoms with van der Waals surface area (Å²) >= 11 is 0. The van der Waals surface area contributed by atoms with Crippen LogP contribution < -0.4 is 31.6 Å². The van der Waals surface area contributed by atoms with Gasteiger partial charge < -0.3 is 36.7 Å². The first-order valence-electron chi connectivity index (χ1n) is 11.9. The largest absolute Gasteiger partial charge is 0.508 e. The number of ether oxygens (including phenoxy) is 2. The predicted molar refractivity (Wildman–Crippen MR) is 140 cm³/mol. The van der Waals surface area contributed by atoms with Crippen molar-refractivity contribution in [2.24, 2.45) is 11.5 Å². The van der Waals surface area contributed by atoms with Gasteiger partial charge in [-0.05, 0) is 72.0 Å². The Balaban J connectivity index is 1.53. The molecule has 0 radical (unpaired) electrons. The molecule has 3 aromatic rings.